The summed E-state index contributed by atoms with van der Waals surface area (Å²) in [6.07, 6.45) is -16.0. The summed E-state index contributed by atoms with van der Waals surface area (Å²) in [5, 5.41) is 0. The number of aromatic nitrogens is 2. The van der Waals surface area contributed by atoms with Crippen molar-refractivity contribution in [3.63, 3.8) is 0 Å². The molecular formula is C50H51N3O19S. The highest BCUT2D eigenvalue weighted by molar-refractivity contribution is 7.85. The number of H-pyrrole nitrogens is 1. The van der Waals surface area contributed by atoms with Crippen LogP contribution in [0.15, 0.2) is 143 Å². The van der Waals surface area contributed by atoms with Crippen molar-refractivity contribution >= 4 is 40.3 Å². The van der Waals surface area contributed by atoms with Crippen LogP contribution < -0.4 is 16.0 Å². The summed E-state index contributed by atoms with van der Waals surface area (Å²) in [5.74, 6) is -4.00. The van der Waals surface area contributed by atoms with E-state index in [1.807, 2.05) is 0 Å². The summed E-state index contributed by atoms with van der Waals surface area (Å²) in [4.78, 5) is 95.7. The Morgan fingerprint density at radius 3 is 1.51 bits per heavy atom. The largest absolute Gasteiger partial charge is 0.459 e. The van der Waals surface area contributed by atoms with Crippen LogP contribution >= 0.6 is 0 Å². The van der Waals surface area contributed by atoms with Crippen molar-refractivity contribution in [2.24, 2.45) is 0 Å². The molecule has 0 saturated carbocycles. The average molecular weight is 1030 g/mol. The molecule has 5 aromatic rings. The van der Waals surface area contributed by atoms with Crippen LogP contribution in [-0.2, 0) is 57.1 Å². The lowest BCUT2D eigenvalue weighted by Crippen LogP contribution is -2.63. The Bertz CT molecular complexity index is 2920. The lowest BCUT2D eigenvalue weighted by Gasteiger charge is -2.43. The Kier molecular flexibility index (Phi) is 17.7. The number of nitrogens with zero attached hydrogens (tertiary/aromatic N) is 1. The van der Waals surface area contributed by atoms with E-state index in [9.17, 15) is 42.0 Å². The molecule has 2 fully saturated rings. The highest BCUT2D eigenvalue weighted by Crippen LogP contribution is 2.35. The van der Waals surface area contributed by atoms with E-state index in [1.54, 1.807) is 80.9 Å². The van der Waals surface area contributed by atoms with Crippen molar-refractivity contribution < 1.29 is 79.2 Å². The minimum atomic E-state index is -5.19. The number of carbonyl (C=O) groups is 5. The molecule has 22 nitrogen and oxygen atoms in total. The van der Waals surface area contributed by atoms with Gasteiger partial charge in [-0.15, -0.1) is 0 Å². The van der Waals surface area contributed by atoms with Crippen molar-refractivity contribution in [1.29, 1.82) is 0 Å². The van der Waals surface area contributed by atoms with E-state index >= 15 is 0 Å². The summed E-state index contributed by atoms with van der Waals surface area (Å²) < 4.78 is 88.4. The van der Waals surface area contributed by atoms with Crippen LogP contribution in [0.4, 0.5) is 4.79 Å². The second kappa shape index (κ2) is 24.3. The zero-order valence-electron chi connectivity index (χ0n) is 39.6. The van der Waals surface area contributed by atoms with E-state index in [0.717, 1.165) is 10.6 Å². The van der Waals surface area contributed by atoms with Crippen LogP contribution in [0, 0.1) is 0 Å². The molecule has 2 saturated heterocycles. The number of rotatable bonds is 19. The number of ether oxygens (including phenoxy) is 9. The fourth-order valence-corrected chi connectivity index (χ4v) is 8.30. The van der Waals surface area contributed by atoms with E-state index in [2.05, 4.69) is 4.98 Å². The normalized spacial score (nSPS) is 22.7. The maximum Gasteiger partial charge on any atom is 0.425 e. The predicted molar refractivity (Wildman–Crippen MR) is 252 cm³/mol. The van der Waals surface area contributed by atoms with Crippen molar-refractivity contribution in [2.45, 2.75) is 95.1 Å². The highest BCUT2D eigenvalue weighted by atomic mass is 32.2. The molecule has 2 N–H and O–H groups in total. The van der Waals surface area contributed by atoms with E-state index in [1.165, 1.54) is 79.0 Å². The fraction of sp³-hybridized carbons (Fsp3) is 0.340. The molecule has 23 heteroatoms. The Hall–Kier alpha value is -7.54. The van der Waals surface area contributed by atoms with Gasteiger partial charge in [0.05, 0.1) is 41.1 Å². The molecule has 1 amide bonds. The molecule has 0 spiro atoms. The molecule has 2 aliphatic heterocycles. The Labute approximate surface area is 417 Å². The van der Waals surface area contributed by atoms with Gasteiger partial charge in [-0.25, -0.2) is 28.8 Å². The number of esters is 4. The minimum absolute atomic E-state index is 0.0188. The molecule has 1 aromatic heterocycles. The Morgan fingerprint density at radius 2 is 1.01 bits per heavy atom. The van der Waals surface area contributed by atoms with Crippen LogP contribution in [0.3, 0.4) is 0 Å². The van der Waals surface area contributed by atoms with Crippen LogP contribution in [0.25, 0.3) is 0 Å². The molecule has 73 heavy (non-hydrogen) atoms. The Morgan fingerprint density at radius 1 is 0.562 bits per heavy atom. The molecular weight excluding hydrogens is 979 g/mol. The summed E-state index contributed by atoms with van der Waals surface area (Å²) in [6.45, 7) is 5.17. The molecule has 9 unspecified atom stereocenters. The van der Waals surface area contributed by atoms with Crippen molar-refractivity contribution in [1.82, 2.24) is 14.3 Å². The van der Waals surface area contributed by atoms with Gasteiger partial charge < -0.3 is 42.6 Å². The molecule has 3 heterocycles. The van der Waals surface area contributed by atoms with Crippen LogP contribution in [0.2, 0.25) is 0 Å². The summed E-state index contributed by atoms with van der Waals surface area (Å²) in [6, 6.07) is 31.3. The van der Waals surface area contributed by atoms with Gasteiger partial charge in [-0.3, -0.25) is 18.5 Å². The van der Waals surface area contributed by atoms with Gasteiger partial charge in [-0.1, -0.05) is 72.8 Å². The monoisotopic (exact) mass is 1030 g/mol. The zero-order chi connectivity index (χ0) is 52.2. The van der Waals surface area contributed by atoms with Crippen LogP contribution in [-0.4, -0.2) is 122 Å². The Balaban J connectivity index is 1.20. The smallest absolute Gasteiger partial charge is 0.425 e. The number of hydrogen-bond donors (Lipinski definition) is 2. The molecule has 0 radical (unpaired) electrons. The minimum Gasteiger partial charge on any atom is -0.459 e. The second-order valence-corrected chi connectivity index (χ2v) is 18.2. The van der Waals surface area contributed by atoms with Gasteiger partial charge in [-0.05, 0) is 76.2 Å². The third-order valence-corrected chi connectivity index (χ3v) is 11.7. The van der Waals surface area contributed by atoms with E-state index < -0.39 is 132 Å². The zero-order valence-corrected chi connectivity index (χ0v) is 40.4. The first-order valence-corrected chi connectivity index (χ1v) is 24.2. The van der Waals surface area contributed by atoms with Gasteiger partial charge >= 0.3 is 46.0 Å². The molecule has 386 valence electrons. The maximum atomic E-state index is 14.0. The van der Waals surface area contributed by atoms with Gasteiger partial charge in [-0.2, -0.15) is 13.1 Å². The van der Waals surface area contributed by atoms with Crippen molar-refractivity contribution in [3.8, 4) is 0 Å². The average Bonchev–Trinajstić information content (AvgIpc) is 3.69. The quantitative estimate of drug-likeness (QED) is 0.0863. The topological polar surface area (TPSA) is 279 Å². The van der Waals surface area contributed by atoms with Gasteiger partial charge in [0.15, 0.2) is 18.4 Å². The number of aromatic amines is 1. The van der Waals surface area contributed by atoms with Gasteiger partial charge in [0.1, 0.15) is 31.0 Å². The van der Waals surface area contributed by atoms with Gasteiger partial charge in [0.2, 0.25) is 12.4 Å². The summed E-state index contributed by atoms with van der Waals surface area (Å²) in [5.41, 5.74) is -1.49. The third kappa shape index (κ3) is 14.1. The van der Waals surface area contributed by atoms with Gasteiger partial charge in [0, 0.05) is 12.3 Å². The summed E-state index contributed by atoms with van der Waals surface area (Å²) in [7, 11) is -5.19. The van der Waals surface area contributed by atoms with Gasteiger partial charge in [0.25, 0.3) is 5.56 Å². The molecule has 4 aromatic carbocycles. The second-order valence-electron chi connectivity index (χ2n) is 16.8. The molecule has 7 rings (SSSR count). The fourth-order valence-electron chi connectivity index (χ4n) is 7.67. The van der Waals surface area contributed by atoms with E-state index in [-0.39, 0.29) is 22.3 Å². The van der Waals surface area contributed by atoms with Crippen LogP contribution in [0.1, 0.15) is 75.4 Å². The predicted octanol–water partition coefficient (Wildman–Crippen LogP) is 4.27. The van der Waals surface area contributed by atoms with Crippen LogP contribution in [0.5, 0.6) is 0 Å². The number of amides is 1. The molecule has 0 aliphatic carbocycles. The molecule has 0 bridgehead atoms. The van der Waals surface area contributed by atoms with E-state index in [0.29, 0.717) is 0 Å². The third-order valence-electron chi connectivity index (χ3n) is 10.8. The number of hydrogen-bond acceptors (Lipinski definition) is 19. The van der Waals surface area contributed by atoms with Crippen molar-refractivity contribution in [2.75, 3.05) is 13.2 Å². The molecule has 2 aliphatic rings. The number of nitrogens with one attached hydrogen (secondary N) is 2. The lowest BCUT2D eigenvalue weighted by molar-refractivity contribution is -0.282. The lowest BCUT2D eigenvalue weighted by atomic mass is 9.97. The van der Waals surface area contributed by atoms with Crippen molar-refractivity contribution in [3.05, 3.63) is 177 Å². The highest BCUT2D eigenvalue weighted by Gasteiger charge is 2.55. The SMILES string of the molecule is CC(C)OC1C(COS(=O)(=O)NC(=O)OC2OC(COC(=O)c3ccccc3)C(OC(=O)c3ccccc3)C(OC(=O)c3ccccc3)C2OC(=O)c2ccccc2)OC(n2ccc(=O)[nH]c2=O)C1OC(C)C. The first-order valence-electron chi connectivity index (χ1n) is 22.8. The first kappa shape index (κ1) is 53.3. The first-order chi connectivity index (χ1) is 35.0. The maximum absolute atomic E-state index is 14.0. The number of carbonyl (C=O) groups excluding carboxylic acids is 5. The van der Waals surface area contributed by atoms with E-state index in [4.69, 9.17) is 46.8 Å². The summed E-state index contributed by atoms with van der Waals surface area (Å²) >= 11 is 0. The standard InChI is InChI=1S/C50H51N3O19S/c1-29(2)65-39-36(67-43(41(39)66-30(3)4)53-26-25-37(54)51-49(53)59)28-64-73(61,62)52-50(60)72-48-42(71-47(58)34-23-15-8-16-24-34)40(70-46(57)33-21-13-7-14-22-33)38(69-45(56)32-19-11-6-12-20-32)35(68-48)27-63-44(55)31-17-9-5-10-18-31/h5-26,29-30,35-36,38-43,48H,27-28H2,1-4H3,(H,52,60)(H,51,54,59). The number of benzene rings is 4. The molecule has 9 atom stereocenters.